The molecule has 2 saturated heterocycles. The number of fused-ring (bicyclic) bond motifs is 1. The van der Waals surface area contributed by atoms with Crippen LogP contribution in [0.1, 0.15) is 27.7 Å². The van der Waals surface area contributed by atoms with E-state index in [0.717, 1.165) is 25.3 Å². The second kappa shape index (κ2) is 5.69. The molecule has 0 aliphatic carbocycles. The number of halogens is 1. The summed E-state index contributed by atoms with van der Waals surface area (Å²) in [7, 11) is 0. The second-order valence-electron chi connectivity index (χ2n) is 7.68. The summed E-state index contributed by atoms with van der Waals surface area (Å²) in [6.07, 6.45) is -0.215. The molecule has 0 aromatic heterocycles. The van der Waals surface area contributed by atoms with Gasteiger partial charge in [0.05, 0.1) is 0 Å². The highest BCUT2D eigenvalue weighted by Gasteiger charge is 2.47. The fraction of sp³-hybridized carbons (Fsp3) is 0.611. The van der Waals surface area contributed by atoms with Crippen LogP contribution in [-0.2, 0) is 4.74 Å². The van der Waals surface area contributed by atoms with Gasteiger partial charge in [0.25, 0.3) is 0 Å². The Morgan fingerprint density at radius 3 is 2.39 bits per heavy atom. The van der Waals surface area contributed by atoms with Gasteiger partial charge in [0.1, 0.15) is 11.4 Å². The van der Waals surface area contributed by atoms with E-state index in [1.165, 1.54) is 12.1 Å². The summed E-state index contributed by atoms with van der Waals surface area (Å²) in [5.41, 5.74) is 0.589. The number of hydrogen-bond acceptors (Lipinski definition) is 3. The van der Waals surface area contributed by atoms with Crippen molar-refractivity contribution in [2.75, 3.05) is 24.5 Å². The van der Waals surface area contributed by atoms with Crippen LogP contribution in [0.5, 0.6) is 0 Å². The summed E-state index contributed by atoms with van der Waals surface area (Å²) in [4.78, 5) is 16.5. The molecule has 0 bridgehead atoms. The molecule has 0 saturated carbocycles. The number of hydrogen-bond donors (Lipinski definition) is 0. The van der Waals surface area contributed by atoms with Gasteiger partial charge in [0, 0.05) is 43.2 Å². The first kappa shape index (κ1) is 16.1. The monoisotopic (exact) mass is 320 g/mol. The number of anilines is 1. The quantitative estimate of drug-likeness (QED) is 0.794. The summed E-state index contributed by atoms with van der Waals surface area (Å²) in [5, 5.41) is 0. The van der Waals surface area contributed by atoms with Crippen molar-refractivity contribution in [1.82, 2.24) is 4.90 Å². The third-order valence-electron chi connectivity index (χ3n) is 4.85. The summed E-state index contributed by atoms with van der Waals surface area (Å²) in [6, 6.07) is 6.82. The van der Waals surface area contributed by atoms with Gasteiger partial charge in [-0.05, 0) is 52.0 Å². The lowest BCUT2D eigenvalue weighted by Gasteiger charge is -2.30. The van der Waals surface area contributed by atoms with Gasteiger partial charge in [-0.15, -0.1) is 0 Å². The minimum Gasteiger partial charge on any atom is -0.444 e. The largest absolute Gasteiger partial charge is 0.444 e. The van der Waals surface area contributed by atoms with Gasteiger partial charge in [0.2, 0.25) is 0 Å². The van der Waals surface area contributed by atoms with Crippen LogP contribution in [0, 0.1) is 17.7 Å². The van der Waals surface area contributed by atoms with Crippen LogP contribution in [0.15, 0.2) is 24.3 Å². The first-order valence-corrected chi connectivity index (χ1v) is 8.25. The van der Waals surface area contributed by atoms with Crippen molar-refractivity contribution in [3.63, 3.8) is 0 Å². The minimum absolute atomic E-state index is 0.167. The van der Waals surface area contributed by atoms with E-state index in [4.69, 9.17) is 4.74 Å². The van der Waals surface area contributed by atoms with E-state index in [2.05, 4.69) is 11.8 Å². The second-order valence-corrected chi connectivity index (χ2v) is 7.68. The zero-order chi connectivity index (χ0) is 16.8. The van der Waals surface area contributed by atoms with E-state index in [-0.39, 0.29) is 18.0 Å². The van der Waals surface area contributed by atoms with E-state index in [1.807, 2.05) is 37.8 Å². The molecular weight excluding hydrogens is 295 g/mol. The molecular formula is C18H25FN2O2. The van der Waals surface area contributed by atoms with Gasteiger partial charge >= 0.3 is 6.09 Å². The van der Waals surface area contributed by atoms with E-state index in [9.17, 15) is 9.18 Å². The summed E-state index contributed by atoms with van der Waals surface area (Å²) >= 11 is 0. The Hall–Kier alpha value is -1.78. The fourth-order valence-corrected chi connectivity index (χ4v) is 3.71. The van der Waals surface area contributed by atoms with Gasteiger partial charge in [0.15, 0.2) is 0 Å². The van der Waals surface area contributed by atoms with E-state index >= 15 is 0 Å². The number of carbonyl (C=O) groups is 1. The average Bonchev–Trinajstić information content (AvgIpc) is 2.98. The predicted molar refractivity (Wildman–Crippen MR) is 88.0 cm³/mol. The summed E-state index contributed by atoms with van der Waals surface area (Å²) < 4.78 is 18.6. The molecule has 23 heavy (non-hydrogen) atoms. The Balaban J connectivity index is 1.65. The summed E-state index contributed by atoms with van der Waals surface area (Å²) in [5.74, 6) is 0.674. The highest BCUT2D eigenvalue weighted by Crippen LogP contribution is 2.38. The molecule has 0 N–H and O–H groups in total. The van der Waals surface area contributed by atoms with Gasteiger partial charge in [-0.3, -0.25) is 0 Å². The Bertz CT molecular complexity index is 582. The predicted octanol–water partition coefficient (Wildman–Crippen LogP) is 3.52. The molecule has 3 unspecified atom stereocenters. The molecule has 0 spiro atoms. The lowest BCUT2D eigenvalue weighted by Crippen LogP contribution is -2.42. The van der Waals surface area contributed by atoms with Crippen LogP contribution >= 0.6 is 0 Å². The Kier molecular flexibility index (Phi) is 3.98. The van der Waals surface area contributed by atoms with E-state index in [0.29, 0.717) is 11.8 Å². The zero-order valence-corrected chi connectivity index (χ0v) is 14.3. The van der Waals surface area contributed by atoms with Gasteiger partial charge in [-0.25, -0.2) is 9.18 Å². The molecule has 1 aromatic carbocycles. The van der Waals surface area contributed by atoms with Crippen LogP contribution in [0.4, 0.5) is 14.9 Å². The Morgan fingerprint density at radius 1 is 1.17 bits per heavy atom. The van der Waals surface area contributed by atoms with Crippen molar-refractivity contribution in [2.24, 2.45) is 11.8 Å². The number of carbonyl (C=O) groups excluding carboxylic acids is 1. The standard InChI is InChI=1S/C18H25FN2O2/c1-12-16-11-20(15-7-5-14(19)6-8-15)9-13(16)10-21(12)17(22)23-18(2,3)4/h5-8,12-13,16H,9-11H2,1-4H3. The normalized spacial score (nSPS) is 27.3. The van der Waals surface area contributed by atoms with Crippen molar-refractivity contribution in [2.45, 2.75) is 39.3 Å². The summed E-state index contributed by atoms with van der Waals surface area (Å²) in [6.45, 7) is 10.3. The highest BCUT2D eigenvalue weighted by atomic mass is 19.1. The molecule has 4 nitrogen and oxygen atoms in total. The molecule has 1 aromatic rings. The molecule has 2 fully saturated rings. The van der Waals surface area contributed by atoms with E-state index < -0.39 is 5.60 Å². The fourth-order valence-electron chi connectivity index (χ4n) is 3.71. The Morgan fingerprint density at radius 2 is 1.83 bits per heavy atom. The smallest absolute Gasteiger partial charge is 0.410 e. The molecule has 3 rings (SSSR count). The molecule has 2 aliphatic heterocycles. The van der Waals surface area contributed by atoms with Crippen LogP contribution < -0.4 is 4.90 Å². The van der Waals surface area contributed by atoms with Crippen molar-refractivity contribution >= 4 is 11.8 Å². The molecule has 3 atom stereocenters. The Labute approximate surface area is 137 Å². The lowest BCUT2D eigenvalue weighted by molar-refractivity contribution is 0.0219. The van der Waals surface area contributed by atoms with Crippen LogP contribution in [-0.4, -0.2) is 42.3 Å². The third kappa shape index (κ3) is 3.28. The molecule has 2 heterocycles. The maximum Gasteiger partial charge on any atom is 0.410 e. The SMILES string of the molecule is CC1C2CN(c3ccc(F)cc3)CC2CN1C(=O)OC(C)(C)C. The van der Waals surface area contributed by atoms with Crippen LogP contribution in [0.3, 0.4) is 0 Å². The molecule has 1 amide bonds. The van der Waals surface area contributed by atoms with Gasteiger partial charge < -0.3 is 14.5 Å². The number of nitrogens with zero attached hydrogens (tertiary/aromatic N) is 2. The first-order chi connectivity index (χ1) is 10.7. The van der Waals surface area contributed by atoms with Crippen LogP contribution in [0.2, 0.25) is 0 Å². The molecule has 5 heteroatoms. The zero-order valence-electron chi connectivity index (χ0n) is 14.3. The van der Waals surface area contributed by atoms with Crippen molar-refractivity contribution < 1.29 is 13.9 Å². The van der Waals surface area contributed by atoms with Gasteiger partial charge in [-0.1, -0.05) is 0 Å². The van der Waals surface area contributed by atoms with Crippen LogP contribution in [0.25, 0.3) is 0 Å². The molecule has 0 radical (unpaired) electrons. The number of rotatable bonds is 1. The lowest BCUT2D eigenvalue weighted by atomic mass is 9.95. The van der Waals surface area contributed by atoms with Crippen molar-refractivity contribution in [3.8, 4) is 0 Å². The maximum absolute atomic E-state index is 13.1. The number of benzene rings is 1. The maximum atomic E-state index is 13.1. The van der Waals surface area contributed by atoms with E-state index in [1.54, 1.807) is 0 Å². The molecule has 2 aliphatic rings. The highest BCUT2D eigenvalue weighted by molar-refractivity contribution is 5.69. The van der Waals surface area contributed by atoms with Gasteiger partial charge in [-0.2, -0.15) is 0 Å². The number of amides is 1. The number of likely N-dealkylation sites (tertiary alicyclic amines) is 1. The first-order valence-electron chi connectivity index (χ1n) is 8.25. The minimum atomic E-state index is -0.464. The average molecular weight is 320 g/mol. The van der Waals surface area contributed by atoms with Crippen molar-refractivity contribution in [1.29, 1.82) is 0 Å². The third-order valence-corrected chi connectivity index (χ3v) is 4.85. The van der Waals surface area contributed by atoms with Crippen molar-refractivity contribution in [3.05, 3.63) is 30.1 Å². The topological polar surface area (TPSA) is 32.8 Å². The molecule has 126 valence electrons. The number of ether oxygens (including phenoxy) is 1.